The lowest BCUT2D eigenvalue weighted by molar-refractivity contribution is 0.251. The van der Waals surface area contributed by atoms with Gasteiger partial charge in [-0.2, -0.15) is 0 Å². The molecule has 0 bridgehead atoms. The Morgan fingerprint density at radius 2 is 1.50 bits per heavy atom. The molecule has 7 nitrogen and oxygen atoms in total. The summed E-state index contributed by atoms with van der Waals surface area (Å²) in [6.07, 6.45) is 1.79. The van der Waals surface area contributed by atoms with E-state index in [1.165, 1.54) is 5.56 Å². The van der Waals surface area contributed by atoms with Gasteiger partial charge in [0.2, 0.25) is 0 Å². The fourth-order valence-corrected chi connectivity index (χ4v) is 3.76. The molecule has 0 aliphatic carbocycles. The number of rotatable bonds is 9. The van der Waals surface area contributed by atoms with Crippen molar-refractivity contribution >= 4 is 11.7 Å². The van der Waals surface area contributed by atoms with E-state index < -0.39 is 0 Å². The molecule has 0 unspecified atom stereocenters. The van der Waals surface area contributed by atoms with Gasteiger partial charge in [-0.15, -0.1) is 0 Å². The predicted molar refractivity (Wildman–Crippen MR) is 148 cm³/mol. The molecule has 0 atom stereocenters. The number of aryl methyl sites for hydroxylation is 1. The highest BCUT2D eigenvalue weighted by Gasteiger charge is 2.06. The van der Waals surface area contributed by atoms with Crippen molar-refractivity contribution in [1.29, 1.82) is 0 Å². The van der Waals surface area contributed by atoms with Crippen LogP contribution < -0.4 is 20.1 Å². The van der Waals surface area contributed by atoms with E-state index >= 15 is 0 Å². The van der Waals surface area contributed by atoms with E-state index in [-0.39, 0.29) is 6.03 Å². The van der Waals surface area contributed by atoms with E-state index in [2.05, 4.69) is 20.6 Å². The summed E-state index contributed by atoms with van der Waals surface area (Å²) < 4.78 is 11.7. The van der Waals surface area contributed by atoms with Gasteiger partial charge in [0.1, 0.15) is 29.7 Å². The van der Waals surface area contributed by atoms with E-state index in [4.69, 9.17) is 9.47 Å². The van der Waals surface area contributed by atoms with Crippen molar-refractivity contribution in [2.45, 2.75) is 20.1 Å². The summed E-state index contributed by atoms with van der Waals surface area (Å²) in [4.78, 5) is 19.9. The second-order valence-electron chi connectivity index (χ2n) is 8.79. The number of amides is 2. The number of urea groups is 1. The summed E-state index contributed by atoms with van der Waals surface area (Å²) in [5, 5.41) is 5.70. The normalized spacial score (nSPS) is 10.6. The molecule has 38 heavy (non-hydrogen) atoms. The van der Waals surface area contributed by atoms with Crippen LogP contribution in [0.1, 0.15) is 17.0 Å². The summed E-state index contributed by atoms with van der Waals surface area (Å²) in [5.41, 5.74) is 4.81. The molecule has 0 saturated heterocycles. The number of aromatic amines is 1. The van der Waals surface area contributed by atoms with E-state index in [9.17, 15) is 4.79 Å². The Morgan fingerprint density at radius 3 is 2.21 bits per heavy atom. The Bertz CT molecular complexity index is 1460. The summed E-state index contributed by atoms with van der Waals surface area (Å²) in [6.45, 7) is 2.86. The van der Waals surface area contributed by atoms with Crippen molar-refractivity contribution in [3.8, 4) is 28.5 Å². The fourth-order valence-electron chi connectivity index (χ4n) is 3.76. The second-order valence-corrected chi connectivity index (χ2v) is 8.79. The lowest BCUT2D eigenvalue weighted by atomic mass is 10.1. The molecule has 0 aliphatic heterocycles. The molecule has 0 saturated carbocycles. The third-order valence-electron chi connectivity index (χ3n) is 5.83. The van der Waals surface area contributed by atoms with Gasteiger partial charge in [-0.25, -0.2) is 9.78 Å². The zero-order valence-corrected chi connectivity index (χ0v) is 21.0. The topological polar surface area (TPSA) is 88.3 Å². The van der Waals surface area contributed by atoms with Gasteiger partial charge in [0.15, 0.2) is 0 Å². The molecule has 4 aromatic carbocycles. The Kier molecular flexibility index (Phi) is 7.65. The van der Waals surface area contributed by atoms with Crippen molar-refractivity contribution in [2.24, 2.45) is 0 Å². The molecule has 7 heteroatoms. The number of carbonyl (C=O) groups excluding carboxylic acids is 1. The molecule has 0 fully saturated rings. The number of hydrogen-bond donors (Lipinski definition) is 3. The number of nitrogens with zero attached hydrogens (tertiary/aromatic N) is 1. The van der Waals surface area contributed by atoms with Gasteiger partial charge >= 0.3 is 6.03 Å². The lowest BCUT2D eigenvalue weighted by Gasteiger charge is -2.10. The zero-order chi connectivity index (χ0) is 26.2. The van der Waals surface area contributed by atoms with Crippen LogP contribution in [0.25, 0.3) is 11.3 Å². The molecule has 5 aromatic rings. The molecule has 2 amide bonds. The first kappa shape index (κ1) is 24.6. The van der Waals surface area contributed by atoms with E-state index in [0.717, 1.165) is 28.4 Å². The molecule has 1 aromatic heterocycles. The minimum Gasteiger partial charge on any atom is -0.486 e. The summed E-state index contributed by atoms with van der Waals surface area (Å²) in [6, 6.07) is 32.4. The van der Waals surface area contributed by atoms with Crippen molar-refractivity contribution in [3.63, 3.8) is 0 Å². The van der Waals surface area contributed by atoms with Crippen molar-refractivity contribution in [1.82, 2.24) is 15.3 Å². The molecule has 0 spiro atoms. The van der Waals surface area contributed by atoms with Crippen LogP contribution >= 0.6 is 0 Å². The first-order valence-electron chi connectivity index (χ1n) is 12.3. The van der Waals surface area contributed by atoms with E-state index in [1.807, 2.05) is 97.9 Å². The van der Waals surface area contributed by atoms with Gasteiger partial charge in [0.25, 0.3) is 0 Å². The van der Waals surface area contributed by atoms with Crippen molar-refractivity contribution in [3.05, 3.63) is 126 Å². The van der Waals surface area contributed by atoms with Crippen LogP contribution in [0.2, 0.25) is 0 Å². The largest absolute Gasteiger partial charge is 0.486 e. The highest BCUT2D eigenvalue weighted by atomic mass is 16.5. The Hall–Kier alpha value is -5.04. The first-order chi connectivity index (χ1) is 18.6. The quantitative estimate of drug-likeness (QED) is 0.200. The van der Waals surface area contributed by atoms with Crippen molar-refractivity contribution in [2.75, 3.05) is 5.32 Å². The Balaban J connectivity index is 1.10. The molecule has 0 aliphatic rings. The maximum Gasteiger partial charge on any atom is 0.319 e. The van der Waals surface area contributed by atoms with Crippen LogP contribution in [0.5, 0.6) is 17.2 Å². The lowest BCUT2D eigenvalue weighted by Crippen LogP contribution is -2.28. The maximum atomic E-state index is 12.2. The molecule has 5 rings (SSSR count). The molecule has 3 N–H and O–H groups in total. The number of H-pyrrole nitrogens is 1. The van der Waals surface area contributed by atoms with E-state index in [0.29, 0.717) is 30.3 Å². The van der Waals surface area contributed by atoms with Gasteiger partial charge in [0, 0.05) is 12.2 Å². The predicted octanol–water partition coefficient (Wildman–Crippen LogP) is 7.08. The molecular formula is C31H28N4O3. The first-order valence-corrected chi connectivity index (χ1v) is 12.3. The number of carbonyl (C=O) groups is 1. The highest BCUT2D eigenvalue weighted by molar-refractivity contribution is 5.89. The van der Waals surface area contributed by atoms with Crippen LogP contribution in [0.15, 0.2) is 109 Å². The SMILES string of the molecule is Cc1ccc(CNC(=O)Nc2ccc(Oc3ccc(-c4cnc(COc5ccccc5)[nH]4)cc3)cc2)cc1. The number of imidazole rings is 1. The number of benzene rings is 4. The number of nitrogens with one attached hydrogen (secondary N) is 3. The summed E-state index contributed by atoms with van der Waals surface area (Å²) in [5.74, 6) is 2.93. The number of para-hydroxylation sites is 1. The third-order valence-corrected chi connectivity index (χ3v) is 5.83. The standard InChI is InChI=1S/C31H28N4O3/c1-22-7-9-23(10-8-22)19-33-31(36)34-25-13-17-28(18-14-25)38-27-15-11-24(12-16-27)29-20-32-30(35-29)21-37-26-5-3-2-4-6-26/h2-18,20H,19,21H2,1H3,(H,32,35)(H2,33,34,36). The minimum atomic E-state index is -0.261. The average molecular weight is 505 g/mol. The van der Waals surface area contributed by atoms with Crippen LogP contribution in [0.4, 0.5) is 10.5 Å². The van der Waals surface area contributed by atoms with Gasteiger partial charge in [-0.3, -0.25) is 0 Å². The number of anilines is 1. The van der Waals surface area contributed by atoms with E-state index in [1.54, 1.807) is 18.3 Å². The third kappa shape index (κ3) is 6.79. The van der Waals surface area contributed by atoms with Crippen LogP contribution in [-0.2, 0) is 13.2 Å². The molecule has 190 valence electrons. The van der Waals surface area contributed by atoms with Crippen molar-refractivity contribution < 1.29 is 14.3 Å². The number of ether oxygens (including phenoxy) is 2. The Labute approximate surface area is 221 Å². The van der Waals surface area contributed by atoms with Gasteiger partial charge in [0.05, 0.1) is 11.9 Å². The second kappa shape index (κ2) is 11.8. The number of aromatic nitrogens is 2. The molecule has 1 heterocycles. The van der Waals surface area contributed by atoms with Gasteiger partial charge in [-0.05, 0) is 78.7 Å². The molecule has 0 radical (unpaired) electrons. The number of hydrogen-bond acceptors (Lipinski definition) is 4. The molecular weight excluding hydrogens is 476 g/mol. The van der Waals surface area contributed by atoms with Crippen LogP contribution in [0.3, 0.4) is 0 Å². The monoisotopic (exact) mass is 504 g/mol. The van der Waals surface area contributed by atoms with Crippen LogP contribution in [-0.4, -0.2) is 16.0 Å². The smallest absolute Gasteiger partial charge is 0.319 e. The maximum absolute atomic E-state index is 12.2. The highest BCUT2D eigenvalue weighted by Crippen LogP contribution is 2.26. The minimum absolute atomic E-state index is 0.261. The van der Waals surface area contributed by atoms with Gasteiger partial charge < -0.3 is 25.1 Å². The fraction of sp³-hybridized carbons (Fsp3) is 0.0968. The van der Waals surface area contributed by atoms with Crippen LogP contribution in [0, 0.1) is 6.92 Å². The average Bonchev–Trinajstić information content (AvgIpc) is 3.43. The summed E-state index contributed by atoms with van der Waals surface area (Å²) >= 11 is 0. The summed E-state index contributed by atoms with van der Waals surface area (Å²) in [7, 11) is 0. The zero-order valence-electron chi connectivity index (χ0n) is 21.0. The Morgan fingerprint density at radius 1 is 0.816 bits per heavy atom. The van der Waals surface area contributed by atoms with Gasteiger partial charge in [-0.1, -0.05) is 48.0 Å².